The van der Waals surface area contributed by atoms with Crippen molar-refractivity contribution >= 4 is 0 Å². The Morgan fingerprint density at radius 1 is 1.06 bits per heavy atom. The van der Waals surface area contributed by atoms with Gasteiger partial charge in [-0.1, -0.05) is 0 Å². The fourth-order valence-corrected chi connectivity index (χ4v) is 2.48. The van der Waals surface area contributed by atoms with E-state index in [0.717, 1.165) is 19.6 Å². The van der Waals surface area contributed by atoms with Crippen LogP contribution in [0.4, 0.5) is 0 Å². The van der Waals surface area contributed by atoms with E-state index in [-0.39, 0.29) is 0 Å². The number of hydrogen-bond donors (Lipinski definition) is 0. The van der Waals surface area contributed by atoms with E-state index >= 15 is 0 Å². The van der Waals surface area contributed by atoms with Gasteiger partial charge in [-0.3, -0.25) is 4.90 Å². The van der Waals surface area contributed by atoms with E-state index in [1.165, 1.54) is 0 Å². The number of rotatable bonds is 6. The van der Waals surface area contributed by atoms with E-state index in [1.807, 2.05) is 0 Å². The SMILES string of the molecule is CC(C)OCC1CC(OC(C)C)CN1C(C)C. The first-order valence-corrected chi connectivity index (χ1v) is 6.93. The highest BCUT2D eigenvalue weighted by Gasteiger charge is 2.34. The summed E-state index contributed by atoms with van der Waals surface area (Å²) in [7, 11) is 0. The summed E-state index contributed by atoms with van der Waals surface area (Å²) >= 11 is 0. The van der Waals surface area contributed by atoms with Crippen LogP contribution in [0.5, 0.6) is 0 Å². The van der Waals surface area contributed by atoms with Crippen LogP contribution in [0.15, 0.2) is 0 Å². The van der Waals surface area contributed by atoms with Crippen LogP contribution in [0.1, 0.15) is 48.0 Å². The van der Waals surface area contributed by atoms with E-state index in [0.29, 0.717) is 30.4 Å². The average molecular weight is 243 g/mol. The molecule has 0 spiro atoms. The van der Waals surface area contributed by atoms with Crippen molar-refractivity contribution in [2.45, 2.75) is 78.4 Å². The first-order valence-electron chi connectivity index (χ1n) is 6.93. The third-order valence-electron chi connectivity index (χ3n) is 3.17. The van der Waals surface area contributed by atoms with Crippen molar-refractivity contribution in [2.24, 2.45) is 0 Å². The highest BCUT2D eigenvalue weighted by molar-refractivity contribution is 4.88. The molecule has 0 amide bonds. The van der Waals surface area contributed by atoms with Gasteiger partial charge in [0.25, 0.3) is 0 Å². The van der Waals surface area contributed by atoms with Crippen molar-refractivity contribution in [2.75, 3.05) is 13.2 Å². The fourth-order valence-electron chi connectivity index (χ4n) is 2.48. The van der Waals surface area contributed by atoms with Crippen LogP contribution >= 0.6 is 0 Å². The van der Waals surface area contributed by atoms with Crippen molar-refractivity contribution in [3.05, 3.63) is 0 Å². The normalized spacial score (nSPS) is 26.6. The monoisotopic (exact) mass is 243 g/mol. The summed E-state index contributed by atoms with van der Waals surface area (Å²) in [6.45, 7) is 14.8. The molecule has 3 heteroatoms. The average Bonchev–Trinajstić information content (AvgIpc) is 2.57. The second kappa shape index (κ2) is 6.72. The minimum atomic E-state index is 0.314. The Labute approximate surface area is 106 Å². The Balaban J connectivity index is 2.48. The maximum absolute atomic E-state index is 5.93. The molecule has 1 saturated heterocycles. The van der Waals surface area contributed by atoms with Gasteiger partial charge >= 0.3 is 0 Å². The van der Waals surface area contributed by atoms with Crippen LogP contribution in [0.2, 0.25) is 0 Å². The Bertz CT molecular complexity index is 216. The van der Waals surface area contributed by atoms with E-state index in [1.54, 1.807) is 0 Å². The molecule has 1 fully saturated rings. The molecule has 0 saturated carbocycles. The van der Waals surface area contributed by atoms with Gasteiger partial charge in [-0.05, 0) is 48.0 Å². The van der Waals surface area contributed by atoms with Gasteiger partial charge in [-0.25, -0.2) is 0 Å². The minimum Gasteiger partial charge on any atom is -0.377 e. The fraction of sp³-hybridized carbons (Fsp3) is 1.00. The molecule has 17 heavy (non-hydrogen) atoms. The molecule has 2 atom stereocenters. The molecule has 3 nitrogen and oxygen atoms in total. The smallest absolute Gasteiger partial charge is 0.0721 e. The third kappa shape index (κ3) is 4.94. The molecule has 0 aromatic heterocycles. The van der Waals surface area contributed by atoms with Gasteiger partial charge < -0.3 is 9.47 Å². The van der Waals surface area contributed by atoms with Crippen molar-refractivity contribution in [1.82, 2.24) is 4.90 Å². The van der Waals surface area contributed by atoms with Crippen LogP contribution in [0.3, 0.4) is 0 Å². The van der Waals surface area contributed by atoms with Gasteiger partial charge in [0.15, 0.2) is 0 Å². The van der Waals surface area contributed by atoms with Gasteiger partial charge in [0.2, 0.25) is 0 Å². The number of hydrogen-bond acceptors (Lipinski definition) is 3. The van der Waals surface area contributed by atoms with E-state index in [2.05, 4.69) is 46.4 Å². The maximum Gasteiger partial charge on any atom is 0.0721 e. The lowest BCUT2D eigenvalue weighted by atomic mass is 10.2. The van der Waals surface area contributed by atoms with Crippen molar-refractivity contribution in [3.8, 4) is 0 Å². The number of likely N-dealkylation sites (tertiary alicyclic amines) is 1. The maximum atomic E-state index is 5.93. The zero-order valence-electron chi connectivity index (χ0n) is 12.3. The molecular weight excluding hydrogens is 214 g/mol. The van der Waals surface area contributed by atoms with Gasteiger partial charge in [0, 0.05) is 18.6 Å². The molecule has 2 unspecified atom stereocenters. The van der Waals surface area contributed by atoms with Crippen LogP contribution in [-0.2, 0) is 9.47 Å². The van der Waals surface area contributed by atoms with Crippen LogP contribution in [0, 0.1) is 0 Å². The Morgan fingerprint density at radius 3 is 2.18 bits per heavy atom. The first kappa shape index (κ1) is 14.9. The second-order valence-corrected chi connectivity index (χ2v) is 5.87. The van der Waals surface area contributed by atoms with Crippen molar-refractivity contribution < 1.29 is 9.47 Å². The summed E-state index contributed by atoms with van der Waals surface area (Å²) in [5, 5.41) is 0. The summed E-state index contributed by atoms with van der Waals surface area (Å²) in [5.74, 6) is 0. The van der Waals surface area contributed by atoms with Crippen molar-refractivity contribution in [3.63, 3.8) is 0 Å². The minimum absolute atomic E-state index is 0.314. The predicted octanol–water partition coefficient (Wildman–Crippen LogP) is 2.69. The summed E-state index contributed by atoms with van der Waals surface area (Å²) < 4.78 is 11.7. The molecule has 1 aliphatic rings. The standard InChI is InChI=1S/C14H29NO2/c1-10(2)15-8-14(17-12(5)6)7-13(15)9-16-11(3)4/h10-14H,7-9H2,1-6H3. The summed E-state index contributed by atoms with van der Waals surface area (Å²) in [5.41, 5.74) is 0. The zero-order valence-corrected chi connectivity index (χ0v) is 12.3. The van der Waals surface area contributed by atoms with E-state index in [4.69, 9.17) is 9.47 Å². The Hall–Kier alpha value is -0.120. The molecule has 0 aliphatic carbocycles. The highest BCUT2D eigenvalue weighted by atomic mass is 16.5. The second-order valence-electron chi connectivity index (χ2n) is 5.87. The lowest BCUT2D eigenvalue weighted by molar-refractivity contribution is 0.0123. The molecule has 1 heterocycles. The molecule has 0 aromatic rings. The Morgan fingerprint density at radius 2 is 1.71 bits per heavy atom. The van der Waals surface area contributed by atoms with Gasteiger partial charge in [0.05, 0.1) is 24.9 Å². The van der Waals surface area contributed by atoms with E-state index < -0.39 is 0 Å². The zero-order chi connectivity index (χ0) is 13.0. The molecule has 0 aromatic carbocycles. The van der Waals surface area contributed by atoms with Crippen LogP contribution < -0.4 is 0 Å². The predicted molar refractivity (Wildman–Crippen MR) is 71.3 cm³/mol. The summed E-state index contributed by atoms with van der Waals surface area (Å²) in [4.78, 5) is 2.51. The third-order valence-corrected chi connectivity index (χ3v) is 3.17. The number of nitrogens with zero attached hydrogens (tertiary/aromatic N) is 1. The topological polar surface area (TPSA) is 21.7 Å². The van der Waals surface area contributed by atoms with Gasteiger partial charge in [0.1, 0.15) is 0 Å². The largest absolute Gasteiger partial charge is 0.377 e. The molecule has 0 N–H and O–H groups in total. The molecule has 1 aliphatic heterocycles. The van der Waals surface area contributed by atoms with Crippen LogP contribution in [0.25, 0.3) is 0 Å². The quantitative estimate of drug-likeness (QED) is 0.716. The molecule has 0 bridgehead atoms. The van der Waals surface area contributed by atoms with E-state index in [9.17, 15) is 0 Å². The molecule has 102 valence electrons. The number of ether oxygens (including phenoxy) is 2. The summed E-state index contributed by atoms with van der Waals surface area (Å²) in [6.07, 6.45) is 2.11. The lowest BCUT2D eigenvalue weighted by Crippen LogP contribution is -2.39. The van der Waals surface area contributed by atoms with Crippen molar-refractivity contribution in [1.29, 1.82) is 0 Å². The molecule has 1 rings (SSSR count). The van der Waals surface area contributed by atoms with Gasteiger partial charge in [-0.15, -0.1) is 0 Å². The molecule has 0 radical (unpaired) electrons. The first-order chi connectivity index (χ1) is 7.90. The summed E-state index contributed by atoms with van der Waals surface area (Å²) in [6, 6.07) is 1.08. The lowest BCUT2D eigenvalue weighted by Gasteiger charge is -2.28. The highest BCUT2D eigenvalue weighted by Crippen LogP contribution is 2.24. The Kier molecular flexibility index (Phi) is 5.90. The van der Waals surface area contributed by atoms with Crippen LogP contribution in [-0.4, -0.2) is 48.4 Å². The molecular formula is C14H29NO2. The van der Waals surface area contributed by atoms with Gasteiger partial charge in [-0.2, -0.15) is 0 Å².